The highest BCUT2D eigenvalue weighted by Crippen LogP contribution is 2.24. The topological polar surface area (TPSA) is 12.9 Å². The third-order valence-corrected chi connectivity index (χ3v) is 3.35. The molecule has 0 atom stereocenters. The average molecular weight is 204 g/mol. The Morgan fingerprint density at radius 3 is 2.67 bits per heavy atom. The van der Waals surface area contributed by atoms with Gasteiger partial charge in [0.25, 0.3) is 0 Å². The van der Waals surface area contributed by atoms with E-state index in [0.717, 1.165) is 12.1 Å². The molecule has 0 aliphatic heterocycles. The molecule has 12 heavy (non-hydrogen) atoms. The van der Waals surface area contributed by atoms with Crippen LogP contribution in [-0.4, -0.2) is 10.9 Å². The Kier molecular flexibility index (Phi) is 3.13. The van der Waals surface area contributed by atoms with Crippen LogP contribution in [0, 0.1) is 12.3 Å². The number of aromatic nitrogens is 1. The van der Waals surface area contributed by atoms with Gasteiger partial charge in [0.1, 0.15) is 0 Å². The molecule has 0 N–H and O–H groups in total. The second kappa shape index (κ2) is 3.75. The van der Waals surface area contributed by atoms with Crippen molar-refractivity contribution in [3.05, 3.63) is 16.1 Å². The summed E-state index contributed by atoms with van der Waals surface area (Å²) >= 11 is 7.55. The molecule has 0 spiro atoms. The molecular formula is C9H14ClNS. The van der Waals surface area contributed by atoms with Gasteiger partial charge in [0, 0.05) is 23.4 Å². The standard InChI is InChI=1S/C9H14ClNS/c1-7-5-12-8(11-7)4-9(2,3)6-10/h5H,4,6H2,1-3H3. The summed E-state index contributed by atoms with van der Waals surface area (Å²) in [7, 11) is 0. The summed E-state index contributed by atoms with van der Waals surface area (Å²) in [5, 5.41) is 3.28. The second-order valence-corrected chi connectivity index (χ2v) is 5.07. The van der Waals surface area contributed by atoms with E-state index in [9.17, 15) is 0 Å². The van der Waals surface area contributed by atoms with Crippen molar-refractivity contribution >= 4 is 22.9 Å². The van der Waals surface area contributed by atoms with E-state index in [-0.39, 0.29) is 5.41 Å². The lowest BCUT2D eigenvalue weighted by atomic mass is 9.92. The summed E-state index contributed by atoms with van der Waals surface area (Å²) in [5.41, 5.74) is 1.28. The molecule has 3 heteroatoms. The van der Waals surface area contributed by atoms with E-state index in [0.29, 0.717) is 5.88 Å². The first-order valence-corrected chi connectivity index (χ1v) is 5.42. The largest absolute Gasteiger partial charge is 0.247 e. The predicted molar refractivity (Wildman–Crippen MR) is 55.1 cm³/mol. The summed E-state index contributed by atoms with van der Waals surface area (Å²) in [4.78, 5) is 4.40. The van der Waals surface area contributed by atoms with E-state index < -0.39 is 0 Å². The molecule has 0 amide bonds. The zero-order chi connectivity index (χ0) is 9.19. The highest BCUT2D eigenvalue weighted by Gasteiger charge is 2.18. The molecule has 0 saturated carbocycles. The number of alkyl halides is 1. The van der Waals surface area contributed by atoms with Gasteiger partial charge in [0.05, 0.1) is 5.01 Å². The summed E-state index contributed by atoms with van der Waals surface area (Å²) in [5.74, 6) is 0.686. The molecule has 0 aliphatic rings. The quantitative estimate of drug-likeness (QED) is 0.688. The highest BCUT2D eigenvalue weighted by molar-refractivity contribution is 7.09. The van der Waals surface area contributed by atoms with E-state index >= 15 is 0 Å². The van der Waals surface area contributed by atoms with E-state index in [1.807, 2.05) is 6.92 Å². The first-order valence-electron chi connectivity index (χ1n) is 4.00. The average Bonchev–Trinajstić information content (AvgIpc) is 2.35. The molecule has 0 saturated heterocycles. The van der Waals surface area contributed by atoms with Crippen molar-refractivity contribution in [3.63, 3.8) is 0 Å². The molecule has 1 aromatic heterocycles. The number of thiazole rings is 1. The molecule has 1 heterocycles. The van der Waals surface area contributed by atoms with Crippen LogP contribution in [0.3, 0.4) is 0 Å². The highest BCUT2D eigenvalue weighted by atomic mass is 35.5. The fraction of sp³-hybridized carbons (Fsp3) is 0.667. The third-order valence-electron chi connectivity index (χ3n) is 1.66. The molecule has 0 bridgehead atoms. The number of hydrogen-bond donors (Lipinski definition) is 0. The normalized spacial score (nSPS) is 12.0. The number of aryl methyl sites for hydroxylation is 1. The lowest BCUT2D eigenvalue weighted by Gasteiger charge is -2.18. The van der Waals surface area contributed by atoms with Gasteiger partial charge in [0.15, 0.2) is 0 Å². The van der Waals surface area contributed by atoms with Crippen molar-refractivity contribution in [3.8, 4) is 0 Å². The number of rotatable bonds is 3. The Balaban J connectivity index is 2.63. The first-order chi connectivity index (χ1) is 5.53. The van der Waals surface area contributed by atoms with Crippen molar-refractivity contribution < 1.29 is 0 Å². The number of halogens is 1. The smallest absolute Gasteiger partial charge is 0.0933 e. The van der Waals surface area contributed by atoms with Crippen molar-refractivity contribution in [2.75, 3.05) is 5.88 Å². The minimum Gasteiger partial charge on any atom is -0.247 e. The lowest BCUT2D eigenvalue weighted by molar-refractivity contribution is 0.417. The van der Waals surface area contributed by atoms with Gasteiger partial charge in [-0.05, 0) is 12.3 Å². The van der Waals surface area contributed by atoms with Gasteiger partial charge in [-0.25, -0.2) is 4.98 Å². The van der Waals surface area contributed by atoms with Crippen LogP contribution in [0.1, 0.15) is 24.5 Å². The zero-order valence-corrected chi connectivity index (χ0v) is 9.30. The van der Waals surface area contributed by atoms with Crippen molar-refractivity contribution in [2.45, 2.75) is 27.2 Å². The molecule has 0 radical (unpaired) electrons. The zero-order valence-electron chi connectivity index (χ0n) is 7.72. The van der Waals surface area contributed by atoms with Crippen molar-refractivity contribution in [1.29, 1.82) is 0 Å². The molecule has 1 aromatic rings. The lowest BCUT2D eigenvalue weighted by Crippen LogP contribution is -2.16. The molecule has 0 unspecified atom stereocenters. The summed E-state index contributed by atoms with van der Waals surface area (Å²) < 4.78 is 0. The molecule has 0 aliphatic carbocycles. The van der Waals surface area contributed by atoms with Crippen molar-refractivity contribution in [2.24, 2.45) is 5.41 Å². The van der Waals surface area contributed by atoms with E-state index in [2.05, 4.69) is 24.2 Å². The van der Waals surface area contributed by atoms with Crippen LogP contribution in [0.15, 0.2) is 5.38 Å². The van der Waals surface area contributed by atoms with Gasteiger partial charge in [-0.1, -0.05) is 13.8 Å². The van der Waals surface area contributed by atoms with Crippen LogP contribution < -0.4 is 0 Å². The summed E-state index contributed by atoms with van der Waals surface area (Å²) in [6, 6.07) is 0. The monoisotopic (exact) mass is 203 g/mol. The van der Waals surface area contributed by atoms with Crippen LogP contribution >= 0.6 is 22.9 Å². The minimum absolute atomic E-state index is 0.172. The van der Waals surface area contributed by atoms with E-state index in [4.69, 9.17) is 11.6 Å². The van der Waals surface area contributed by atoms with Crippen molar-refractivity contribution in [1.82, 2.24) is 4.98 Å². The SMILES string of the molecule is Cc1csc(CC(C)(C)CCl)n1. The van der Waals surface area contributed by atoms with Gasteiger partial charge in [-0.3, -0.25) is 0 Å². The van der Waals surface area contributed by atoms with Crippen LogP contribution in [0.2, 0.25) is 0 Å². The molecule has 1 rings (SSSR count). The third kappa shape index (κ3) is 2.76. The molecule has 0 fully saturated rings. The first kappa shape index (κ1) is 10.0. The van der Waals surface area contributed by atoms with Gasteiger partial charge >= 0.3 is 0 Å². The number of nitrogens with zero attached hydrogens (tertiary/aromatic N) is 1. The maximum atomic E-state index is 5.83. The van der Waals surface area contributed by atoms with E-state index in [1.54, 1.807) is 11.3 Å². The number of hydrogen-bond acceptors (Lipinski definition) is 2. The van der Waals surface area contributed by atoms with Gasteiger partial charge in [0.2, 0.25) is 0 Å². The fourth-order valence-corrected chi connectivity index (χ4v) is 2.07. The van der Waals surface area contributed by atoms with E-state index in [1.165, 1.54) is 5.01 Å². The summed E-state index contributed by atoms with van der Waals surface area (Å²) in [6.45, 7) is 6.35. The van der Waals surface area contributed by atoms with Gasteiger partial charge in [-0.2, -0.15) is 0 Å². The predicted octanol–water partition coefficient (Wildman–Crippen LogP) is 3.26. The maximum absolute atomic E-state index is 5.83. The Morgan fingerprint density at radius 1 is 1.58 bits per heavy atom. The maximum Gasteiger partial charge on any atom is 0.0933 e. The van der Waals surface area contributed by atoms with Gasteiger partial charge < -0.3 is 0 Å². The fourth-order valence-electron chi connectivity index (χ4n) is 0.941. The Hall–Kier alpha value is -0.0800. The Labute approximate surface area is 82.8 Å². The Bertz CT molecular complexity index is 255. The minimum atomic E-state index is 0.172. The van der Waals surface area contributed by atoms with Gasteiger partial charge in [-0.15, -0.1) is 22.9 Å². The van der Waals surface area contributed by atoms with Crippen LogP contribution in [0.25, 0.3) is 0 Å². The summed E-state index contributed by atoms with van der Waals surface area (Å²) in [6.07, 6.45) is 0.981. The van der Waals surface area contributed by atoms with Crippen LogP contribution in [0.4, 0.5) is 0 Å². The molecule has 0 aromatic carbocycles. The van der Waals surface area contributed by atoms with Crippen LogP contribution in [-0.2, 0) is 6.42 Å². The second-order valence-electron chi connectivity index (χ2n) is 3.86. The molecular weight excluding hydrogens is 190 g/mol. The Morgan fingerprint density at radius 2 is 2.25 bits per heavy atom. The molecule has 1 nitrogen and oxygen atoms in total. The molecule has 68 valence electrons. The van der Waals surface area contributed by atoms with Crippen LogP contribution in [0.5, 0.6) is 0 Å².